The lowest BCUT2D eigenvalue weighted by molar-refractivity contribution is -0.0961. The van der Waals surface area contributed by atoms with Crippen molar-refractivity contribution in [3.8, 4) is 0 Å². The molecule has 0 aliphatic heterocycles. The molecule has 0 N–H and O–H groups in total. The summed E-state index contributed by atoms with van der Waals surface area (Å²) >= 11 is 6.10. The Bertz CT molecular complexity index is 193. The lowest BCUT2D eigenvalue weighted by atomic mass is 9.44. The summed E-state index contributed by atoms with van der Waals surface area (Å²) in [6, 6.07) is 0. The van der Waals surface area contributed by atoms with E-state index in [1.807, 2.05) is 0 Å². The molecule has 0 bridgehead atoms. The van der Waals surface area contributed by atoms with Crippen molar-refractivity contribution in [1.82, 2.24) is 0 Å². The largest absolute Gasteiger partial charge is 0.126 e. The molecule has 3 rings (SSSR count). The molecule has 0 atom stereocenters. The number of hydrogen-bond donors (Lipinski definition) is 0. The highest BCUT2D eigenvalue weighted by molar-refractivity contribution is 6.18. The molecule has 12 heavy (non-hydrogen) atoms. The topological polar surface area (TPSA) is 0 Å². The molecule has 1 spiro atoms. The Balaban J connectivity index is 1.70. The van der Waals surface area contributed by atoms with Gasteiger partial charge in [0.2, 0.25) is 0 Å². The summed E-state index contributed by atoms with van der Waals surface area (Å²) in [6.07, 6.45) is 10.4. The number of rotatable bonds is 2. The Morgan fingerprint density at radius 3 is 2.17 bits per heavy atom. The second kappa shape index (κ2) is 2.20. The minimum absolute atomic E-state index is 0.627. The third-order valence-electron chi connectivity index (χ3n) is 4.58. The Labute approximate surface area is 79.7 Å². The van der Waals surface area contributed by atoms with Crippen LogP contribution in [0.2, 0.25) is 0 Å². The van der Waals surface area contributed by atoms with E-state index >= 15 is 0 Å². The zero-order chi connectivity index (χ0) is 8.23. The first-order valence-corrected chi connectivity index (χ1v) is 5.88. The van der Waals surface area contributed by atoms with Gasteiger partial charge in [-0.25, -0.2) is 0 Å². The predicted octanol–water partition coefficient (Wildman–Crippen LogP) is 3.59. The average Bonchev–Trinajstić information content (AvgIpc) is 2.66. The van der Waals surface area contributed by atoms with Crippen LogP contribution in [0, 0.1) is 16.7 Å². The molecule has 0 heterocycles. The maximum Gasteiger partial charge on any atom is 0.0283 e. The number of halogens is 1. The van der Waals surface area contributed by atoms with Crippen LogP contribution in [0.4, 0.5) is 0 Å². The standard InChI is InChI=1S/C11H17Cl/c12-8-11(9-2-3-9)6-10(7-11)4-1-5-10/h9H,1-8H2. The van der Waals surface area contributed by atoms with Crippen LogP contribution >= 0.6 is 11.6 Å². The van der Waals surface area contributed by atoms with Crippen molar-refractivity contribution in [1.29, 1.82) is 0 Å². The monoisotopic (exact) mass is 184 g/mol. The van der Waals surface area contributed by atoms with E-state index in [4.69, 9.17) is 11.6 Å². The highest BCUT2D eigenvalue weighted by Gasteiger charge is 2.61. The Morgan fingerprint density at radius 2 is 1.83 bits per heavy atom. The third kappa shape index (κ3) is 0.852. The Kier molecular flexibility index (Phi) is 1.41. The van der Waals surface area contributed by atoms with Gasteiger partial charge in [-0.3, -0.25) is 0 Å². The van der Waals surface area contributed by atoms with Crippen LogP contribution in [0.25, 0.3) is 0 Å². The molecule has 0 amide bonds. The highest BCUT2D eigenvalue weighted by Crippen LogP contribution is 2.70. The van der Waals surface area contributed by atoms with Gasteiger partial charge in [-0.2, -0.15) is 0 Å². The first kappa shape index (κ1) is 7.67. The molecule has 3 saturated carbocycles. The van der Waals surface area contributed by atoms with Gasteiger partial charge in [-0.15, -0.1) is 11.6 Å². The van der Waals surface area contributed by atoms with Crippen LogP contribution < -0.4 is 0 Å². The summed E-state index contributed by atoms with van der Waals surface area (Å²) in [7, 11) is 0. The zero-order valence-corrected chi connectivity index (χ0v) is 8.37. The fraction of sp³-hybridized carbons (Fsp3) is 1.00. The fourth-order valence-electron chi connectivity index (χ4n) is 3.66. The number of hydrogen-bond acceptors (Lipinski definition) is 0. The second-order valence-corrected chi connectivity index (χ2v) is 5.74. The Morgan fingerprint density at radius 1 is 1.17 bits per heavy atom. The van der Waals surface area contributed by atoms with E-state index in [-0.39, 0.29) is 0 Å². The molecule has 0 radical (unpaired) electrons. The summed E-state index contributed by atoms with van der Waals surface area (Å²) in [5, 5.41) is 0. The molecular weight excluding hydrogens is 168 g/mol. The van der Waals surface area contributed by atoms with Crippen molar-refractivity contribution in [2.75, 3.05) is 5.88 Å². The lowest BCUT2D eigenvalue weighted by Crippen LogP contribution is -2.52. The van der Waals surface area contributed by atoms with Crippen LogP contribution in [0.3, 0.4) is 0 Å². The van der Waals surface area contributed by atoms with Crippen molar-refractivity contribution in [3.63, 3.8) is 0 Å². The average molecular weight is 185 g/mol. The van der Waals surface area contributed by atoms with Crippen molar-refractivity contribution < 1.29 is 0 Å². The van der Waals surface area contributed by atoms with Crippen LogP contribution in [0.1, 0.15) is 44.9 Å². The molecule has 68 valence electrons. The van der Waals surface area contributed by atoms with E-state index < -0.39 is 0 Å². The van der Waals surface area contributed by atoms with E-state index in [1.165, 1.54) is 44.9 Å². The van der Waals surface area contributed by atoms with Gasteiger partial charge in [0.1, 0.15) is 0 Å². The maximum absolute atomic E-state index is 6.10. The lowest BCUT2D eigenvalue weighted by Gasteiger charge is -2.61. The van der Waals surface area contributed by atoms with Crippen LogP contribution in [0.15, 0.2) is 0 Å². The van der Waals surface area contributed by atoms with Crippen molar-refractivity contribution in [2.24, 2.45) is 16.7 Å². The Hall–Kier alpha value is 0.290. The predicted molar refractivity (Wildman–Crippen MR) is 51.4 cm³/mol. The normalized spacial score (nSPS) is 35.8. The minimum atomic E-state index is 0.627. The SMILES string of the molecule is ClCC1(C2CC2)CC2(CCC2)C1. The molecule has 3 aliphatic rings. The van der Waals surface area contributed by atoms with E-state index in [1.54, 1.807) is 0 Å². The molecule has 0 aromatic carbocycles. The third-order valence-corrected chi connectivity index (χ3v) is 5.11. The molecule has 0 nitrogen and oxygen atoms in total. The highest BCUT2D eigenvalue weighted by atomic mass is 35.5. The molecule has 0 aromatic heterocycles. The summed E-state index contributed by atoms with van der Waals surface area (Å²) < 4.78 is 0. The summed E-state index contributed by atoms with van der Waals surface area (Å²) in [4.78, 5) is 0. The molecule has 0 saturated heterocycles. The first-order valence-electron chi connectivity index (χ1n) is 5.35. The van der Waals surface area contributed by atoms with Gasteiger partial charge in [0.15, 0.2) is 0 Å². The summed E-state index contributed by atoms with van der Waals surface area (Å²) in [6.45, 7) is 0. The fourth-order valence-corrected chi connectivity index (χ4v) is 4.07. The number of alkyl halides is 1. The molecule has 3 aliphatic carbocycles. The van der Waals surface area contributed by atoms with Crippen molar-refractivity contribution in [3.05, 3.63) is 0 Å². The molecule has 1 heteroatoms. The summed E-state index contributed by atoms with van der Waals surface area (Å²) in [5.74, 6) is 1.97. The van der Waals surface area contributed by atoms with Crippen LogP contribution in [-0.2, 0) is 0 Å². The van der Waals surface area contributed by atoms with E-state index in [9.17, 15) is 0 Å². The second-order valence-electron chi connectivity index (χ2n) is 5.48. The van der Waals surface area contributed by atoms with Gasteiger partial charge in [-0.05, 0) is 55.3 Å². The van der Waals surface area contributed by atoms with Gasteiger partial charge in [0.05, 0.1) is 0 Å². The molecule has 3 fully saturated rings. The van der Waals surface area contributed by atoms with Gasteiger partial charge in [-0.1, -0.05) is 6.42 Å². The van der Waals surface area contributed by atoms with Crippen molar-refractivity contribution >= 4 is 11.6 Å². The van der Waals surface area contributed by atoms with Gasteiger partial charge in [0, 0.05) is 5.88 Å². The molecule has 0 aromatic rings. The molecule has 0 unspecified atom stereocenters. The van der Waals surface area contributed by atoms with Crippen LogP contribution in [0.5, 0.6) is 0 Å². The van der Waals surface area contributed by atoms with E-state index in [0.29, 0.717) is 5.41 Å². The minimum Gasteiger partial charge on any atom is -0.126 e. The smallest absolute Gasteiger partial charge is 0.0283 e. The summed E-state index contributed by atoms with van der Waals surface area (Å²) in [5.41, 5.74) is 1.44. The first-order chi connectivity index (χ1) is 5.79. The molecular formula is C11H17Cl. The van der Waals surface area contributed by atoms with E-state index in [2.05, 4.69) is 0 Å². The van der Waals surface area contributed by atoms with Crippen molar-refractivity contribution in [2.45, 2.75) is 44.9 Å². The van der Waals surface area contributed by atoms with Crippen LogP contribution in [-0.4, -0.2) is 5.88 Å². The van der Waals surface area contributed by atoms with Gasteiger partial charge >= 0.3 is 0 Å². The van der Waals surface area contributed by atoms with Gasteiger partial charge < -0.3 is 0 Å². The van der Waals surface area contributed by atoms with E-state index in [0.717, 1.165) is 17.2 Å². The van der Waals surface area contributed by atoms with Gasteiger partial charge in [0.25, 0.3) is 0 Å². The zero-order valence-electron chi connectivity index (χ0n) is 7.61. The quantitative estimate of drug-likeness (QED) is 0.576. The maximum atomic E-state index is 6.10.